The van der Waals surface area contributed by atoms with Crippen molar-refractivity contribution in [2.24, 2.45) is 5.73 Å². The van der Waals surface area contributed by atoms with Gasteiger partial charge in [-0.2, -0.15) is 0 Å². The molecular formula is C11H20N4O3. The van der Waals surface area contributed by atoms with Crippen LogP contribution in [0.2, 0.25) is 0 Å². The molecule has 0 atom stereocenters. The van der Waals surface area contributed by atoms with Crippen molar-refractivity contribution < 1.29 is 14.3 Å². The van der Waals surface area contributed by atoms with Crippen LogP contribution in [-0.2, 0) is 9.53 Å². The average molecular weight is 256 g/mol. The number of urea groups is 1. The van der Waals surface area contributed by atoms with Gasteiger partial charge in [0.05, 0.1) is 19.8 Å². The standard InChI is InChI=1S/C11H20N4O3/c12-10(16)9-13-1-3-14(4-2-13)11(17)15-5-7-18-8-6-15/h1-9H2,(H2,12,16). The smallest absolute Gasteiger partial charge is 0.320 e. The number of morpholine rings is 1. The maximum atomic E-state index is 12.2. The summed E-state index contributed by atoms with van der Waals surface area (Å²) < 4.78 is 5.23. The molecule has 0 radical (unpaired) electrons. The minimum atomic E-state index is -0.317. The van der Waals surface area contributed by atoms with Gasteiger partial charge in [-0.05, 0) is 0 Å². The number of nitrogens with zero attached hydrogens (tertiary/aromatic N) is 3. The van der Waals surface area contributed by atoms with Gasteiger partial charge in [0.15, 0.2) is 0 Å². The molecule has 0 aliphatic carbocycles. The molecule has 18 heavy (non-hydrogen) atoms. The second-order valence-corrected chi connectivity index (χ2v) is 4.61. The molecule has 102 valence electrons. The summed E-state index contributed by atoms with van der Waals surface area (Å²) in [6, 6.07) is 0.0806. The summed E-state index contributed by atoms with van der Waals surface area (Å²) in [6.07, 6.45) is 0. The average Bonchev–Trinajstić information content (AvgIpc) is 2.39. The summed E-state index contributed by atoms with van der Waals surface area (Å²) in [6.45, 7) is 5.58. The van der Waals surface area contributed by atoms with Crippen LogP contribution < -0.4 is 5.73 Å². The lowest BCUT2D eigenvalue weighted by Gasteiger charge is -2.38. The molecule has 0 spiro atoms. The van der Waals surface area contributed by atoms with E-state index in [2.05, 4.69) is 0 Å². The van der Waals surface area contributed by atoms with Crippen LogP contribution in [0, 0.1) is 0 Å². The number of carbonyl (C=O) groups excluding carboxylic acids is 2. The molecule has 7 nitrogen and oxygen atoms in total. The zero-order valence-electron chi connectivity index (χ0n) is 10.5. The van der Waals surface area contributed by atoms with E-state index < -0.39 is 0 Å². The molecule has 2 heterocycles. The van der Waals surface area contributed by atoms with Gasteiger partial charge in [0, 0.05) is 39.3 Å². The maximum absolute atomic E-state index is 12.2. The SMILES string of the molecule is NC(=O)CN1CCN(C(=O)N2CCOCC2)CC1. The predicted octanol–water partition coefficient (Wildman–Crippen LogP) is -1.46. The topological polar surface area (TPSA) is 79.1 Å². The van der Waals surface area contributed by atoms with Gasteiger partial charge in [0.1, 0.15) is 0 Å². The number of carbonyl (C=O) groups is 2. The van der Waals surface area contributed by atoms with Crippen molar-refractivity contribution in [3.63, 3.8) is 0 Å². The van der Waals surface area contributed by atoms with Gasteiger partial charge in [-0.3, -0.25) is 9.69 Å². The molecule has 2 saturated heterocycles. The van der Waals surface area contributed by atoms with E-state index in [0.29, 0.717) is 52.5 Å². The van der Waals surface area contributed by atoms with Gasteiger partial charge < -0.3 is 20.3 Å². The van der Waals surface area contributed by atoms with Crippen molar-refractivity contribution in [1.82, 2.24) is 14.7 Å². The third-order valence-electron chi connectivity index (χ3n) is 3.30. The lowest BCUT2D eigenvalue weighted by molar-refractivity contribution is -0.119. The zero-order valence-corrected chi connectivity index (χ0v) is 10.5. The van der Waals surface area contributed by atoms with Gasteiger partial charge >= 0.3 is 6.03 Å². The predicted molar refractivity (Wildman–Crippen MR) is 65.0 cm³/mol. The summed E-state index contributed by atoms with van der Waals surface area (Å²) in [5, 5.41) is 0. The minimum absolute atomic E-state index is 0.0806. The molecule has 0 bridgehead atoms. The Bertz CT molecular complexity index is 309. The fourth-order valence-electron chi connectivity index (χ4n) is 2.27. The van der Waals surface area contributed by atoms with Crippen LogP contribution in [-0.4, -0.2) is 85.7 Å². The van der Waals surface area contributed by atoms with E-state index in [1.54, 1.807) is 0 Å². The Morgan fingerprint density at radius 2 is 1.50 bits per heavy atom. The number of ether oxygens (including phenoxy) is 1. The number of rotatable bonds is 2. The number of hydrogen-bond donors (Lipinski definition) is 1. The van der Waals surface area contributed by atoms with E-state index in [1.807, 2.05) is 14.7 Å². The van der Waals surface area contributed by atoms with Gasteiger partial charge in [-0.15, -0.1) is 0 Å². The largest absolute Gasteiger partial charge is 0.378 e. The van der Waals surface area contributed by atoms with Crippen LogP contribution in [0.5, 0.6) is 0 Å². The Balaban J connectivity index is 1.78. The molecule has 0 aromatic carbocycles. The van der Waals surface area contributed by atoms with Crippen molar-refractivity contribution in [2.45, 2.75) is 0 Å². The molecule has 2 aliphatic rings. The fraction of sp³-hybridized carbons (Fsp3) is 0.818. The zero-order chi connectivity index (χ0) is 13.0. The Labute approximate surface area is 106 Å². The van der Waals surface area contributed by atoms with E-state index in [4.69, 9.17) is 10.5 Å². The highest BCUT2D eigenvalue weighted by molar-refractivity contribution is 5.76. The van der Waals surface area contributed by atoms with E-state index in [9.17, 15) is 9.59 Å². The first-order valence-corrected chi connectivity index (χ1v) is 6.29. The molecule has 0 unspecified atom stereocenters. The number of nitrogens with two attached hydrogens (primary N) is 1. The highest BCUT2D eigenvalue weighted by Crippen LogP contribution is 2.07. The molecule has 2 N–H and O–H groups in total. The van der Waals surface area contributed by atoms with E-state index >= 15 is 0 Å². The molecule has 0 aromatic rings. The van der Waals surface area contributed by atoms with Gasteiger partial charge in [0.25, 0.3) is 0 Å². The molecule has 7 heteroatoms. The second-order valence-electron chi connectivity index (χ2n) is 4.61. The molecule has 0 saturated carbocycles. The van der Waals surface area contributed by atoms with Crippen molar-refractivity contribution in [2.75, 3.05) is 59.0 Å². The Morgan fingerprint density at radius 3 is 2.06 bits per heavy atom. The van der Waals surface area contributed by atoms with Gasteiger partial charge in [-0.25, -0.2) is 4.79 Å². The molecule has 2 rings (SSSR count). The number of piperazine rings is 1. The first-order valence-electron chi connectivity index (χ1n) is 6.29. The molecule has 2 fully saturated rings. The Kier molecular flexibility index (Phi) is 4.38. The lowest BCUT2D eigenvalue weighted by Crippen LogP contribution is -2.55. The van der Waals surface area contributed by atoms with Crippen molar-refractivity contribution in [3.05, 3.63) is 0 Å². The minimum Gasteiger partial charge on any atom is -0.378 e. The lowest BCUT2D eigenvalue weighted by atomic mass is 10.3. The van der Waals surface area contributed by atoms with Crippen LogP contribution in [0.15, 0.2) is 0 Å². The van der Waals surface area contributed by atoms with E-state index in [0.717, 1.165) is 0 Å². The summed E-state index contributed by atoms with van der Waals surface area (Å²) in [5.41, 5.74) is 5.15. The van der Waals surface area contributed by atoms with Crippen LogP contribution in [0.25, 0.3) is 0 Å². The van der Waals surface area contributed by atoms with Crippen LogP contribution in [0.1, 0.15) is 0 Å². The molecule has 2 aliphatic heterocycles. The summed E-state index contributed by atoms with van der Waals surface area (Å²) in [7, 11) is 0. The summed E-state index contributed by atoms with van der Waals surface area (Å²) in [5.74, 6) is -0.317. The van der Waals surface area contributed by atoms with Crippen molar-refractivity contribution >= 4 is 11.9 Å². The van der Waals surface area contributed by atoms with E-state index in [1.165, 1.54) is 0 Å². The van der Waals surface area contributed by atoms with Gasteiger partial charge in [-0.1, -0.05) is 0 Å². The highest BCUT2D eigenvalue weighted by atomic mass is 16.5. The van der Waals surface area contributed by atoms with Gasteiger partial charge in [0.2, 0.25) is 5.91 Å². The third kappa shape index (κ3) is 3.33. The maximum Gasteiger partial charge on any atom is 0.320 e. The Morgan fingerprint density at radius 1 is 0.944 bits per heavy atom. The summed E-state index contributed by atoms with van der Waals surface area (Å²) >= 11 is 0. The fourth-order valence-corrected chi connectivity index (χ4v) is 2.27. The van der Waals surface area contributed by atoms with Crippen molar-refractivity contribution in [3.8, 4) is 0 Å². The molecular weight excluding hydrogens is 236 g/mol. The monoisotopic (exact) mass is 256 g/mol. The highest BCUT2D eigenvalue weighted by Gasteiger charge is 2.26. The molecule has 0 aromatic heterocycles. The van der Waals surface area contributed by atoms with Crippen LogP contribution in [0.4, 0.5) is 4.79 Å². The van der Waals surface area contributed by atoms with Crippen LogP contribution in [0.3, 0.4) is 0 Å². The van der Waals surface area contributed by atoms with Crippen molar-refractivity contribution in [1.29, 1.82) is 0 Å². The number of primary amides is 1. The normalized spacial score (nSPS) is 22.0. The quantitative estimate of drug-likeness (QED) is 0.655. The summed E-state index contributed by atoms with van der Waals surface area (Å²) in [4.78, 5) is 28.6. The number of amides is 3. The van der Waals surface area contributed by atoms with Crippen LogP contribution >= 0.6 is 0 Å². The first-order chi connectivity index (χ1) is 8.66. The Hall–Kier alpha value is -1.34. The first kappa shape index (κ1) is 13.1. The molecule has 3 amide bonds. The van der Waals surface area contributed by atoms with E-state index in [-0.39, 0.29) is 18.5 Å². The third-order valence-corrected chi connectivity index (χ3v) is 3.30. The second kappa shape index (κ2) is 6.01. The number of hydrogen-bond acceptors (Lipinski definition) is 4.